The molecule has 0 saturated carbocycles. The number of nitrogens with two attached hydrogens (primary N) is 1. The Hall–Kier alpha value is -1.95. The maximum Gasteiger partial charge on any atom is 0.257 e. The highest BCUT2D eigenvalue weighted by Crippen LogP contribution is 2.20. The van der Waals surface area contributed by atoms with E-state index in [9.17, 15) is 4.79 Å². The van der Waals surface area contributed by atoms with Gasteiger partial charge in [0.2, 0.25) is 0 Å². The van der Waals surface area contributed by atoms with Crippen LogP contribution >= 0.6 is 12.2 Å². The molecule has 2 N–H and O–H groups in total. The van der Waals surface area contributed by atoms with Crippen molar-refractivity contribution in [2.45, 2.75) is 12.8 Å². The van der Waals surface area contributed by atoms with E-state index in [0.717, 1.165) is 24.9 Å². The zero-order valence-corrected chi connectivity index (χ0v) is 11.8. The fourth-order valence-corrected chi connectivity index (χ4v) is 2.86. The first-order valence-electron chi connectivity index (χ1n) is 6.68. The molecule has 0 aromatic carbocycles. The number of rotatable bonds is 2. The molecule has 1 atom stereocenters. The molecule has 0 aliphatic carbocycles. The van der Waals surface area contributed by atoms with Gasteiger partial charge in [-0.15, -0.1) is 0 Å². The van der Waals surface area contributed by atoms with Crippen LogP contribution in [-0.2, 0) is 0 Å². The van der Waals surface area contributed by atoms with Crippen molar-refractivity contribution < 1.29 is 4.79 Å². The van der Waals surface area contributed by atoms with Crippen molar-refractivity contribution in [3.63, 3.8) is 0 Å². The quantitative estimate of drug-likeness (QED) is 0.850. The molecule has 0 radical (unpaired) electrons. The van der Waals surface area contributed by atoms with Gasteiger partial charge in [-0.2, -0.15) is 5.10 Å². The number of likely N-dealkylation sites (tertiary alicyclic amines) is 1. The van der Waals surface area contributed by atoms with E-state index in [2.05, 4.69) is 5.10 Å². The van der Waals surface area contributed by atoms with Crippen molar-refractivity contribution in [2.75, 3.05) is 13.1 Å². The molecule has 6 heteroatoms. The second-order valence-electron chi connectivity index (χ2n) is 5.08. The van der Waals surface area contributed by atoms with Gasteiger partial charge < -0.3 is 10.6 Å². The van der Waals surface area contributed by atoms with Crippen LogP contribution in [0.4, 0.5) is 0 Å². The molecule has 5 nitrogen and oxygen atoms in total. The Kier molecular flexibility index (Phi) is 3.40. The predicted octanol–water partition coefficient (Wildman–Crippen LogP) is 1.47. The van der Waals surface area contributed by atoms with E-state index in [1.165, 1.54) is 0 Å². The van der Waals surface area contributed by atoms with Gasteiger partial charge in [-0.25, -0.2) is 4.52 Å². The van der Waals surface area contributed by atoms with E-state index in [4.69, 9.17) is 18.0 Å². The first kappa shape index (κ1) is 13.1. The Morgan fingerprint density at radius 3 is 3.10 bits per heavy atom. The molecule has 1 amide bonds. The normalized spacial score (nSPS) is 19.2. The lowest BCUT2D eigenvalue weighted by atomic mass is 9.97. The molecule has 0 spiro atoms. The summed E-state index contributed by atoms with van der Waals surface area (Å²) in [5.74, 6) is 0.136. The van der Waals surface area contributed by atoms with Crippen molar-refractivity contribution in [3.05, 3.63) is 36.2 Å². The SMILES string of the molecule is NC(=S)C1CCCN(C(=O)c2cnn3ccccc23)C1. The lowest BCUT2D eigenvalue weighted by molar-refractivity contribution is 0.0705. The smallest absolute Gasteiger partial charge is 0.257 e. The molecule has 0 bridgehead atoms. The highest BCUT2D eigenvalue weighted by molar-refractivity contribution is 7.80. The van der Waals surface area contributed by atoms with Crippen molar-refractivity contribution in [3.8, 4) is 0 Å². The zero-order chi connectivity index (χ0) is 14.1. The predicted molar refractivity (Wildman–Crippen MR) is 80.6 cm³/mol. The Morgan fingerprint density at radius 1 is 1.45 bits per heavy atom. The van der Waals surface area contributed by atoms with Gasteiger partial charge in [0, 0.05) is 25.2 Å². The van der Waals surface area contributed by atoms with E-state index in [1.807, 2.05) is 29.3 Å². The fraction of sp³-hybridized carbons (Fsp3) is 0.357. The molecule has 1 unspecified atom stereocenters. The minimum Gasteiger partial charge on any atom is -0.393 e. The van der Waals surface area contributed by atoms with Gasteiger partial charge in [0.1, 0.15) is 0 Å². The molecular weight excluding hydrogens is 272 g/mol. The van der Waals surface area contributed by atoms with Gasteiger partial charge in [-0.05, 0) is 25.0 Å². The second-order valence-corrected chi connectivity index (χ2v) is 5.55. The summed E-state index contributed by atoms with van der Waals surface area (Å²) in [5, 5.41) is 4.21. The fourth-order valence-electron chi connectivity index (χ4n) is 2.66. The van der Waals surface area contributed by atoms with Crippen LogP contribution in [-0.4, -0.2) is 38.5 Å². The average Bonchev–Trinajstić information content (AvgIpc) is 2.90. The van der Waals surface area contributed by atoms with E-state index < -0.39 is 0 Å². The standard InChI is InChI=1S/C14H16N4OS/c15-13(20)10-4-3-6-17(9-10)14(19)11-8-16-18-7-2-1-5-12(11)18/h1-2,5,7-8,10H,3-4,6,9H2,(H2,15,20). The van der Waals surface area contributed by atoms with Crippen molar-refractivity contribution in [2.24, 2.45) is 11.7 Å². The summed E-state index contributed by atoms with van der Waals surface area (Å²) in [5.41, 5.74) is 7.18. The highest BCUT2D eigenvalue weighted by atomic mass is 32.1. The van der Waals surface area contributed by atoms with Gasteiger partial charge in [0.25, 0.3) is 5.91 Å². The van der Waals surface area contributed by atoms with Crippen LogP contribution in [0, 0.1) is 5.92 Å². The Balaban J connectivity index is 1.87. The van der Waals surface area contributed by atoms with Gasteiger partial charge in [-0.1, -0.05) is 18.3 Å². The summed E-state index contributed by atoms with van der Waals surface area (Å²) in [6.07, 6.45) is 5.36. The Labute approximate surface area is 122 Å². The third-order valence-electron chi connectivity index (χ3n) is 3.77. The number of thiocarbonyl (C=S) groups is 1. The van der Waals surface area contributed by atoms with Crippen LogP contribution in [0.15, 0.2) is 30.6 Å². The average molecular weight is 288 g/mol. The Morgan fingerprint density at radius 2 is 2.30 bits per heavy atom. The van der Waals surface area contributed by atoms with Gasteiger partial charge in [0.15, 0.2) is 0 Å². The second kappa shape index (κ2) is 5.20. The lowest BCUT2D eigenvalue weighted by Crippen LogP contribution is -2.43. The summed E-state index contributed by atoms with van der Waals surface area (Å²) >= 11 is 5.06. The van der Waals surface area contributed by atoms with Crippen molar-refractivity contribution in [1.29, 1.82) is 0 Å². The van der Waals surface area contributed by atoms with E-state index in [0.29, 0.717) is 17.1 Å². The summed E-state index contributed by atoms with van der Waals surface area (Å²) in [4.78, 5) is 15.0. The molecule has 1 fully saturated rings. The van der Waals surface area contributed by atoms with Crippen LogP contribution in [0.1, 0.15) is 23.2 Å². The maximum absolute atomic E-state index is 12.6. The molecule has 1 saturated heterocycles. The molecule has 104 valence electrons. The number of hydrogen-bond acceptors (Lipinski definition) is 3. The molecule has 2 aromatic heterocycles. The molecular formula is C14H16N4OS. The van der Waals surface area contributed by atoms with Crippen LogP contribution < -0.4 is 5.73 Å². The number of amides is 1. The van der Waals surface area contributed by atoms with Crippen LogP contribution in [0.5, 0.6) is 0 Å². The van der Waals surface area contributed by atoms with Gasteiger partial charge in [0.05, 0.1) is 22.3 Å². The lowest BCUT2D eigenvalue weighted by Gasteiger charge is -2.32. The molecule has 20 heavy (non-hydrogen) atoms. The van der Waals surface area contributed by atoms with Gasteiger partial charge >= 0.3 is 0 Å². The first-order valence-corrected chi connectivity index (χ1v) is 7.08. The molecule has 3 rings (SSSR count). The third kappa shape index (κ3) is 2.27. The third-order valence-corrected chi connectivity index (χ3v) is 4.10. The van der Waals surface area contributed by atoms with Crippen LogP contribution in [0.25, 0.3) is 5.52 Å². The number of carbonyl (C=O) groups is 1. The molecule has 1 aliphatic rings. The minimum absolute atomic E-state index is 0.00662. The topological polar surface area (TPSA) is 63.6 Å². The summed E-state index contributed by atoms with van der Waals surface area (Å²) < 4.78 is 1.71. The van der Waals surface area contributed by atoms with E-state index in [1.54, 1.807) is 10.7 Å². The van der Waals surface area contributed by atoms with Crippen molar-refractivity contribution >= 4 is 28.6 Å². The number of piperidine rings is 1. The number of fused-ring (bicyclic) bond motifs is 1. The molecule has 1 aliphatic heterocycles. The summed E-state index contributed by atoms with van der Waals surface area (Å²) in [7, 11) is 0. The minimum atomic E-state index is 0.00662. The van der Waals surface area contributed by atoms with Gasteiger partial charge in [-0.3, -0.25) is 4.79 Å². The van der Waals surface area contributed by atoms with E-state index >= 15 is 0 Å². The number of nitrogens with zero attached hydrogens (tertiary/aromatic N) is 3. The number of carbonyl (C=O) groups excluding carboxylic acids is 1. The number of pyridine rings is 1. The highest BCUT2D eigenvalue weighted by Gasteiger charge is 2.27. The van der Waals surface area contributed by atoms with Crippen LogP contribution in [0.3, 0.4) is 0 Å². The largest absolute Gasteiger partial charge is 0.393 e. The molecule has 2 aromatic rings. The number of hydrogen-bond donors (Lipinski definition) is 1. The molecule has 3 heterocycles. The summed E-state index contributed by atoms with van der Waals surface area (Å²) in [6.45, 7) is 1.36. The monoisotopic (exact) mass is 288 g/mol. The van der Waals surface area contributed by atoms with Crippen LogP contribution in [0.2, 0.25) is 0 Å². The van der Waals surface area contributed by atoms with Crippen molar-refractivity contribution in [1.82, 2.24) is 14.5 Å². The first-order chi connectivity index (χ1) is 9.66. The van der Waals surface area contributed by atoms with E-state index in [-0.39, 0.29) is 11.8 Å². The summed E-state index contributed by atoms with van der Waals surface area (Å²) in [6, 6.07) is 5.69. The zero-order valence-electron chi connectivity index (χ0n) is 11.0. The Bertz CT molecular complexity index is 666. The number of aromatic nitrogens is 2. The maximum atomic E-state index is 12.6.